The van der Waals surface area contributed by atoms with Gasteiger partial charge in [-0.05, 0) is 30.7 Å². The molecule has 0 aromatic heterocycles. The first-order valence-electron chi connectivity index (χ1n) is 4.93. The summed E-state index contributed by atoms with van der Waals surface area (Å²) in [5, 5.41) is 18.4. The van der Waals surface area contributed by atoms with Gasteiger partial charge in [-0.2, -0.15) is 0 Å². The average Bonchev–Trinajstić information content (AvgIpc) is 2.65. The normalized spacial score (nSPS) is 20.6. The molecule has 1 aromatic carbocycles. The van der Waals surface area contributed by atoms with Crippen molar-refractivity contribution in [3.8, 4) is 5.75 Å². The Morgan fingerprint density at radius 1 is 1.33 bits per heavy atom. The van der Waals surface area contributed by atoms with Crippen molar-refractivity contribution in [1.29, 1.82) is 0 Å². The average molecular weight is 207 g/mol. The topological polar surface area (TPSA) is 60.8 Å². The molecule has 1 heterocycles. The highest BCUT2D eigenvalue weighted by molar-refractivity contribution is 5.94. The molecule has 1 fully saturated rings. The van der Waals surface area contributed by atoms with Crippen molar-refractivity contribution in [2.45, 2.75) is 12.5 Å². The van der Waals surface area contributed by atoms with Crippen molar-refractivity contribution in [2.24, 2.45) is 0 Å². The number of carbonyl (C=O) groups is 1. The number of phenolic OH excluding ortho intramolecular Hbond substituents is 1. The number of aliphatic hydroxyl groups excluding tert-OH is 1. The molecule has 0 saturated carbocycles. The summed E-state index contributed by atoms with van der Waals surface area (Å²) in [6.45, 7) is 1.00. The Kier molecular flexibility index (Phi) is 2.60. The summed E-state index contributed by atoms with van der Waals surface area (Å²) in [5.74, 6) is 0.0551. The van der Waals surface area contributed by atoms with Gasteiger partial charge in [0.05, 0.1) is 6.10 Å². The van der Waals surface area contributed by atoms with E-state index >= 15 is 0 Å². The molecule has 1 atom stereocenters. The highest BCUT2D eigenvalue weighted by Crippen LogP contribution is 2.15. The van der Waals surface area contributed by atoms with Crippen molar-refractivity contribution < 1.29 is 15.0 Å². The molecular formula is C11H13NO3. The Hall–Kier alpha value is -1.55. The maximum atomic E-state index is 11.8. The maximum absolute atomic E-state index is 11.8. The van der Waals surface area contributed by atoms with E-state index in [9.17, 15) is 9.90 Å². The zero-order valence-corrected chi connectivity index (χ0v) is 8.26. The summed E-state index contributed by atoms with van der Waals surface area (Å²) < 4.78 is 0. The van der Waals surface area contributed by atoms with Gasteiger partial charge in [0.2, 0.25) is 0 Å². The lowest BCUT2D eigenvalue weighted by atomic mass is 10.2. The number of rotatable bonds is 1. The number of nitrogens with zero attached hydrogens (tertiary/aromatic N) is 1. The molecule has 1 unspecified atom stereocenters. The molecule has 4 nitrogen and oxygen atoms in total. The predicted molar refractivity (Wildman–Crippen MR) is 54.6 cm³/mol. The maximum Gasteiger partial charge on any atom is 0.253 e. The Balaban J connectivity index is 2.11. The molecule has 1 saturated heterocycles. The van der Waals surface area contributed by atoms with Crippen LogP contribution in [-0.4, -0.2) is 40.2 Å². The first-order chi connectivity index (χ1) is 7.16. The number of phenols is 1. The van der Waals surface area contributed by atoms with Crippen molar-refractivity contribution in [2.75, 3.05) is 13.1 Å². The van der Waals surface area contributed by atoms with Crippen LogP contribution >= 0.6 is 0 Å². The first kappa shape index (κ1) is 9.98. The number of benzene rings is 1. The summed E-state index contributed by atoms with van der Waals surface area (Å²) in [4.78, 5) is 13.5. The lowest BCUT2D eigenvalue weighted by molar-refractivity contribution is 0.0765. The van der Waals surface area contributed by atoms with E-state index in [4.69, 9.17) is 5.11 Å². The van der Waals surface area contributed by atoms with E-state index < -0.39 is 6.10 Å². The number of likely N-dealkylation sites (tertiary alicyclic amines) is 1. The number of carbonyl (C=O) groups excluding carboxylic acids is 1. The summed E-state index contributed by atoms with van der Waals surface area (Å²) in [6.07, 6.45) is 0.246. The molecule has 1 aliphatic heterocycles. The molecule has 2 rings (SSSR count). The minimum atomic E-state index is -0.397. The number of β-amino-alcohol motifs (C(OH)–C–C–N with tert-alkyl or cyclic N) is 1. The second-order valence-corrected chi connectivity index (χ2v) is 3.74. The van der Waals surface area contributed by atoms with Crippen LogP contribution in [-0.2, 0) is 0 Å². The highest BCUT2D eigenvalue weighted by Gasteiger charge is 2.25. The molecule has 0 bridgehead atoms. The fraction of sp³-hybridized carbons (Fsp3) is 0.364. The SMILES string of the molecule is O=C(c1ccc(O)cc1)N1CCC(O)C1. The third-order valence-electron chi connectivity index (χ3n) is 2.56. The molecule has 80 valence electrons. The quantitative estimate of drug-likeness (QED) is 0.709. The summed E-state index contributed by atoms with van der Waals surface area (Å²) in [5.41, 5.74) is 0.543. The fourth-order valence-corrected chi connectivity index (χ4v) is 1.71. The van der Waals surface area contributed by atoms with E-state index in [1.54, 1.807) is 17.0 Å². The largest absolute Gasteiger partial charge is 0.508 e. The monoisotopic (exact) mass is 207 g/mol. The fourth-order valence-electron chi connectivity index (χ4n) is 1.71. The Labute approximate surface area is 87.8 Å². The van der Waals surface area contributed by atoms with Crippen LogP contribution in [0, 0.1) is 0 Å². The van der Waals surface area contributed by atoms with E-state index in [0.29, 0.717) is 25.1 Å². The molecule has 1 aromatic rings. The second-order valence-electron chi connectivity index (χ2n) is 3.74. The van der Waals surface area contributed by atoms with Gasteiger partial charge >= 0.3 is 0 Å². The molecular weight excluding hydrogens is 194 g/mol. The molecule has 1 aliphatic rings. The Bertz CT molecular complexity index is 361. The number of aliphatic hydroxyl groups is 1. The summed E-state index contributed by atoms with van der Waals surface area (Å²) in [7, 11) is 0. The first-order valence-corrected chi connectivity index (χ1v) is 4.93. The third-order valence-corrected chi connectivity index (χ3v) is 2.56. The van der Waals surface area contributed by atoms with Gasteiger partial charge in [-0.3, -0.25) is 4.79 Å². The van der Waals surface area contributed by atoms with Crippen LogP contribution in [0.2, 0.25) is 0 Å². The van der Waals surface area contributed by atoms with Gasteiger partial charge in [-0.25, -0.2) is 0 Å². The van der Waals surface area contributed by atoms with Crippen LogP contribution in [0.3, 0.4) is 0 Å². The number of hydrogen-bond donors (Lipinski definition) is 2. The number of hydrogen-bond acceptors (Lipinski definition) is 3. The van der Waals surface area contributed by atoms with Crippen molar-refractivity contribution in [1.82, 2.24) is 4.90 Å². The van der Waals surface area contributed by atoms with Gasteiger partial charge in [0.25, 0.3) is 5.91 Å². The Morgan fingerprint density at radius 2 is 2.00 bits per heavy atom. The van der Waals surface area contributed by atoms with E-state index in [0.717, 1.165) is 0 Å². The van der Waals surface area contributed by atoms with E-state index in [1.807, 2.05) is 0 Å². The van der Waals surface area contributed by atoms with Crippen LogP contribution in [0.5, 0.6) is 5.75 Å². The minimum Gasteiger partial charge on any atom is -0.508 e. The predicted octanol–water partition coefficient (Wildman–Crippen LogP) is 0.599. The standard InChI is InChI=1S/C11H13NO3/c13-9-3-1-8(2-4-9)11(15)12-6-5-10(14)7-12/h1-4,10,13-14H,5-7H2. The Morgan fingerprint density at radius 3 is 2.53 bits per heavy atom. The lowest BCUT2D eigenvalue weighted by Gasteiger charge is -2.15. The van der Waals surface area contributed by atoms with Gasteiger partial charge in [-0.15, -0.1) is 0 Å². The minimum absolute atomic E-state index is 0.0912. The van der Waals surface area contributed by atoms with E-state index in [1.165, 1.54) is 12.1 Å². The number of amides is 1. The van der Waals surface area contributed by atoms with Gasteiger partial charge < -0.3 is 15.1 Å². The van der Waals surface area contributed by atoms with Crippen LogP contribution in [0.15, 0.2) is 24.3 Å². The van der Waals surface area contributed by atoms with Gasteiger partial charge in [0.1, 0.15) is 5.75 Å². The zero-order valence-electron chi connectivity index (χ0n) is 8.26. The van der Waals surface area contributed by atoms with Crippen LogP contribution < -0.4 is 0 Å². The smallest absolute Gasteiger partial charge is 0.253 e. The third kappa shape index (κ3) is 2.10. The highest BCUT2D eigenvalue weighted by atomic mass is 16.3. The zero-order chi connectivity index (χ0) is 10.8. The molecule has 0 radical (unpaired) electrons. The number of aromatic hydroxyl groups is 1. The van der Waals surface area contributed by atoms with Crippen LogP contribution in [0.1, 0.15) is 16.8 Å². The summed E-state index contributed by atoms with van der Waals surface area (Å²) in [6, 6.07) is 6.14. The van der Waals surface area contributed by atoms with Gasteiger partial charge in [-0.1, -0.05) is 0 Å². The van der Waals surface area contributed by atoms with Gasteiger partial charge in [0, 0.05) is 18.7 Å². The molecule has 2 N–H and O–H groups in total. The van der Waals surface area contributed by atoms with Crippen molar-refractivity contribution >= 4 is 5.91 Å². The summed E-state index contributed by atoms with van der Waals surface area (Å²) >= 11 is 0. The van der Waals surface area contributed by atoms with Crippen molar-refractivity contribution in [3.63, 3.8) is 0 Å². The second kappa shape index (κ2) is 3.90. The van der Waals surface area contributed by atoms with Crippen LogP contribution in [0.4, 0.5) is 0 Å². The van der Waals surface area contributed by atoms with E-state index in [2.05, 4.69) is 0 Å². The molecule has 0 spiro atoms. The van der Waals surface area contributed by atoms with Crippen molar-refractivity contribution in [3.05, 3.63) is 29.8 Å². The lowest BCUT2D eigenvalue weighted by Crippen LogP contribution is -2.29. The van der Waals surface area contributed by atoms with E-state index in [-0.39, 0.29) is 11.7 Å². The van der Waals surface area contributed by atoms with Crippen LogP contribution in [0.25, 0.3) is 0 Å². The molecule has 0 aliphatic carbocycles. The molecule has 15 heavy (non-hydrogen) atoms. The molecule has 4 heteroatoms. The van der Waals surface area contributed by atoms with Gasteiger partial charge in [0.15, 0.2) is 0 Å². The molecule has 1 amide bonds.